The Morgan fingerprint density at radius 3 is 2.47 bits per heavy atom. The highest BCUT2D eigenvalue weighted by atomic mass is 16.6. The van der Waals surface area contributed by atoms with Gasteiger partial charge in [0.05, 0.1) is 17.1 Å². The Bertz CT molecular complexity index is 552. The maximum Gasteiger partial charge on any atom is 0.273 e. The molecule has 1 rings (SSSR count). The van der Waals surface area contributed by atoms with E-state index in [1.54, 1.807) is 6.92 Å². The van der Waals surface area contributed by atoms with E-state index in [0.29, 0.717) is 5.56 Å². The van der Waals surface area contributed by atoms with Crippen LogP contribution in [0.3, 0.4) is 0 Å². The second-order valence-corrected chi connectivity index (χ2v) is 3.31. The lowest BCUT2D eigenvalue weighted by Crippen LogP contribution is -2.11. The minimum Gasteiger partial charge on any atom is -0.291 e. The van der Waals surface area contributed by atoms with E-state index in [1.165, 1.54) is 24.3 Å². The summed E-state index contributed by atoms with van der Waals surface area (Å²) < 4.78 is 0. The Morgan fingerprint density at radius 2 is 2.00 bits per heavy atom. The van der Waals surface area contributed by atoms with E-state index in [2.05, 4.69) is 0 Å². The van der Waals surface area contributed by atoms with Gasteiger partial charge in [-0.05, 0) is 6.92 Å². The molecular formula is C11H7N3O3. The molecule has 0 N–H and O–H groups in total. The van der Waals surface area contributed by atoms with Gasteiger partial charge in [0.1, 0.15) is 0 Å². The summed E-state index contributed by atoms with van der Waals surface area (Å²) in [4.78, 5) is 21.7. The second-order valence-electron chi connectivity index (χ2n) is 3.31. The number of hydrogen-bond donors (Lipinski definition) is 0. The Labute approximate surface area is 96.9 Å². The van der Waals surface area contributed by atoms with Crippen molar-refractivity contribution in [1.29, 1.82) is 10.5 Å². The molecule has 84 valence electrons. The summed E-state index contributed by atoms with van der Waals surface area (Å²) in [5, 5.41) is 27.8. The van der Waals surface area contributed by atoms with Crippen LogP contribution in [0.4, 0.5) is 5.69 Å². The number of hydrogen-bond acceptors (Lipinski definition) is 5. The molecule has 17 heavy (non-hydrogen) atoms. The third kappa shape index (κ3) is 2.44. The average molecular weight is 229 g/mol. The molecule has 0 radical (unpaired) electrons. The van der Waals surface area contributed by atoms with Gasteiger partial charge in [-0.2, -0.15) is 10.5 Å². The quantitative estimate of drug-likeness (QED) is 0.445. The molecule has 0 aliphatic heterocycles. The molecule has 1 aromatic carbocycles. The van der Waals surface area contributed by atoms with Gasteiger partial charge in [-0.1, -0.05) is 12.1 Å². The van der Waals surface area contributed by atoms with Crippen LogP contribution in [-0.2, 0) is 0 Å². The van der Waals surface area contributed by atoms with Crippen molar-refractivity contribution in [2.75, 3.05) is 0 Å². The molecule has 0 heterocycles. The summed E-state index contributed by atoms with van der Waals surface area (Å²) in [7, 11) is 0. The number of nitro groups is 1. The molecule has 1 aromatic rings. The largest absolute Gasteiger partial charge is 0.291 e. The van der Waals surface area contributed by atoms with Gasteiger partial charge in [-0.25, -0.2) is 0 Å². The van der Waals surface area contributed by atoms with Crippen molar-refractivity contribution >= 4 is 11.5 Å². The number of ketones is 1. The minimum absolute atomic E-state index is 0.00426. The molecule has 0 atom stereocenters. The molecule has 6 nitrogen and oxygen atoms in total. The van der Waals surface area contributed by atoms with Gasteiger partial charge in [0.15, 0.2) is 11.7 Å². The molecule has 0 spiro atoms. The van der Waals surface area contributed by atoms with Crippen LogP contribution in [0.25, 0.3) is 0 Å². The predicted molar refractivity (Wildman–Crippen MR) is 56.9 cm³/mol. The molecule has 0 saturated heterocycles. The second kappa shape index (κ2) is 4.86. The number of nitrogens with zero attached hydrogens (tertiary/aromatic N) is 3. The number of nitro benzene ring substituents is 1. The van der Waals surface area contributed by atoms with E-state index in [9.17, 15) is 14.9 Å². The Balaban J connectivity index is 3.23. The van der Waals surface area contributed by atoms with E-state index in [0.717, 1.165) is 6.07 Å². The Kier molecular flexibility index (Phi) is 3.53. The molecule has 0 saturated carbocycles. The molecule has 0 aliphatic rings. The van der Waals surface area contributed by atoms with Crippen LogP contribution in [0.15, 0.2) is 18.2 Å². The van der Waals surface area contributed by atoms with Crippen molar-refractivity contribution in [1.82, 2.24) is 0 Å². The SMILES string of the molecule is Cc1ccc(C(=O)C(C#N)C#N)cc1[N+](=O)[O-]. The number of carbonyl (C=O) groups excluding carboxylic acids is 1. The van der Waals surface area contributed by atoms with Gasteiger partial charge < -0.3 is 0 Å². The van der Waals surface area contributed by atoms with Crippen LogP contribution in [0.2, 0.25) is 0 Å². The topological polar surface area (TPSA) is 108 Å². The third-order valence-electron chi connectivity index (χ3n) is 2.21. The summed E-state index contributed by atoms with van der Waals surface area (Å²) in [5.41, 5.74) is 0.206. The summed E-state index contributed by atoms with van der Waals surface area (Å²) in [6.07, 6.45) is 0. The van der Waals surface area contributed by atoms with Gasteiger partial charge >= 0.3 is 0 Å². The average Bonchev–Trinajstić information content (AvgIpc) is 2.30. The fourth-order valence-corrected chi connectivity index (χ4v) is 1.27. The highest BCUT2D eigenvalue weighted by molar-refractivity contribution is 6.01. The van der Waals surface area contributed by atoms with Crippen molar-refractivity contribution in [2.45, 2.75) is 6.92 Å². The van der Waals surface area contributed by atoms with Crippen LogP contribution in [0.1, 0.15) is 15.9 Å². The molecular weight excluding hydrogens is 222 g/mol. The van der Waals surface area contributed by atoms with Crippen molar-refractivity contribution in [3.63, 3.8) is 0 Å². The highest BCUT2D eigenvalue weighted by Gasteiger charge is 2.21. The normalized spacial score (nSPS) is 9.41. The summed E-state index contributed by atoms with van der Waals surface area (Å²) in [6, 6.07) is 6.93. The van der Waals surface area contributed by atoms with Crippen LogP contribution >= 0.6 is 0 Å². The van der Waals surface area contributed by atoms with Gasteiger partial charge in [0.25, 0.3) is 5.69 Å². The molecule has 0 unspecified atom stereocenters. The number of aryl methyl sites for hydroxylation is 1. The molecule has 0 amide bonds. The molecule has 0 aromatic heterocycles. The van der Waals surface area contributed by atoms with Crippen molar-refractivity contribution in [2.24, 2.45) is 5.92 Å². The maximum atomic E-state index is 11.6. The lowest BCUT2D eigenvalue weighted by atomic mass is 9.98. The zero-order valence-corrected chi connectivity index (χ0v) is 8.88. The van der Waals surface area contributed by atoms with Crippen molar-refractivity contribution < 1.29 is 9.72 Å². The summed E-state index contributed by atoms with van der Waals surface area (Å²) >= 11 is 0. The fraction of sp³-hybridized carbons (Fsp3) is 0.182. The lowest BCUT2D eigenvalue weighted by Gasteiger charge is -2.02. The first-order valence-electron chi connectivity index (χ1n) is 4.59. The number of Topliss-reactive ketones (excluding diaryl/α,β-unsaturated/α-hetero) is 1. The third-order valence-corrected chi connectivity index (χ3v) is 2.21. The van der Waals surface area contributed by atoms with Crippen LogP contribution in [-0.4, -0.2) is 10.7 Å². The predicted octanol–water partition coefficient (Wildman–Crippen LogP) is 1.75. The minimum atomic E-state index is -1.43. The van der Waals surface area contributed by atoms with Gasteiger partial charge in [0, 0.05) is 17.2 Å². The van der Waals surface area contributed by atoms with E-state index in [4.69, 9.17) is 10.5 Å². The number of benzene rings is 1. The van der Waals surface area contributed by atoms with Crippen LogP contribution < -0.4 is 0 Å². The molecule has 6 heteroatoms. The smallest absolute Gasteiger partial charge is 0.273 e. The van der Waals surface area contributed by atoms with E-state index in [1.807, 2.05) is 0 Å². The molecule has 0 bridgehead atoms. The standard InChI is InChI=1S/C11H7N3O3/c1-7-2-3-8(4-10(7)14(16)17)11(15)9(5-12)6-13/h2-4,9H,1H3. The fourth-order valence-electron chi connectivity index (χ4n) is 1.27. The van der Waals surface area contributed by atoms with Crippen LogP contribution in [0.5, 0.6) is 0 Å². The monoisotopic (exact) mass is 229 g/mol. The zero-order chi connectivity index (χ0) is 13.0. The summed E-state index contributed by atoms with van der Waals surface area (Å²) in [6.45, 7) is 1.54. The first kappa shape index (κ1) is 12.3. The van der Waals surface area contributed by atoms with E-state index < -0.39 is 16.6 Å². The Morgan fingerprint density at radius 1 is 1.41 bits per heavy atom. The lowest BCUT2D eigenvalue weighted by molar-refractivity contribution is -0.385. The zero-order valence-electron chi connectivity index (χ0n) is 8.88. The van der Waals surface area contributed by atoms with Gasteiger partial charge in [-0.3, -0.25) is 14.9 Å². The van der Waals surface area contributed by atoms with Crippen molar-refractivity contribution in [3.8, 4) is 12.1 Å². The highest BCUT2D eigenvalue weighted by Crippen LogP contribution is 2.20. The number of carbonyl (C=O) groups is 1. The van der Waals surface area contributed by atoms with Crippen molar-refractivity contribution in [3.05, 3.63) is 39.4 Å². The summed E-state index contributed by atoms with van der Waals surface area (Å²) in [5.74, 6) is -2.16. The Hall–Kier alpha value is -2.73. The maximum absolute atomic E-state index is 11.6. The van der Waals surface area contributed by atoms with Gasteiger partial charge in [0.2, 0.25) is 0 Å². The van der Waals surface area contributed by atoms with E-state index in [-0.39, 0.29) is 11.3 Å². The number of rotatable bonds is 3. The molecule has 0 aliphatic carbocycles. The number of nitriles is 2. The van der Waals surface area contributed by atoms with Gasteiger partial charge in [-0.15, -0.1) is 0 Å². The first-order valence-corrected chi connectivity index (χ1v) is 4.59. The first-order chi connectivity index (χ1) is 8.01. The molecule has 0 fully saturated rings. The van der Waals surface area contributed by atoms with Crippen LogP contribution in [0, 0.1) is 45.6 Å². The van der Waals surface area contributed by atoms with E-state index >= 15 is 0 Å².